The Hall–Kier alpha value is -2.85. The van der Waals surface area contributed by atoms with Gasteiger partial charge in [0.05, 0.1) is 16.7 Å². The molecule has 3 heterocycles. The molecule has 108 valence electrons. The first kappa shape index (κ1) is 12.7. The van der Waals surface area contributed by atoms with E-state index >= 15 is 0 Å². The van der Waals surface area contributed by atoms with E-state index in [2.05, 4.69) is 52.4 Å². The van der Waals surface area contributed by atoms with Crippen molar-refractivity contribution in [3.8, 4) is 11.3 Å². The van der Waals surface area contributed by atoms with E-state index < -0.39 is 0 Å². The van der Waals surface area contributed by atoms with E-state index in [-0.39, 0.29) is 0 Å². The molecule has 0 spiro atoms. The molecule has 5 aromatic rings. The smallest absolute Gasteiger partial charge is 0.125 e. The van der Waals surface area contributed by atoms with Crippen molar-refractivity contribution in [2.75, 3.05) is 0 Å². The summed E-state index contributed by atoms with van der Waals surface area (Å²) in [6.45, 7) is 0. The molecule has 23 heavy (non-hydrogen) atoms. The van der Waals surface area contributed by atoms with Crippen LogP contribution in [0.15, 0.2) is 67.0 Å². The number of hydrogen-bond acceptors (Lipinski definition) is 4. The van der Waals surface area contributed by atoms with Crippen LogP contribution >= 0.6 is 11.3 Å². The normalized spacial score (nSPS) is 11.5. The standard InChI is InChI=1S/C19H11N3S/c1-2-7-17-12(4-1)13-8-9-15(22-19(13)23-17)14-5-3-6-16-18(14)21-11-10-20-16/h1-11H. The first-order valence-electron chi connectivity index (χ1n) is 7.38. The predicted molar refractivity (Wildman–Crippen MR) is 95.7 cm³/mol. The molecule has 3 aromatic heterocycles. The molecule has 0 N–H and O–H groups in total. The second-order valence-electron chi connectivity index (χ2n) is 5.38. The third-order valence-electron chi connectivity index (χ3n) is 4.02. The number of aromatic nitrogens is 3. The van der Waals surface area contributed by atoms with Crippen LogP contribution in [0.2, 0.25) is 0 Å². The summed E-state index contributed by atoms with van der Waals surface area (Å²) in [4.78, 5) is 14.8. The Labute approximate surface area is 136 Å². The predicted octanol–water partition coefficient (Wildman–Crippen LogP) is 5.06. The molecule has 0 saturated heterocycles. The van der Waals surface area contributed by atoms with Gasteiger partial charge in [0, 0.05) is 33.4 Å². The van der Waals surface area contributed by atoms with E-state index in [0.717, 1.165) is 27.1 Å². The molecule has 0 radical (unpaired) electrons. The van der Waals surface area contributed by atoms with Crippen LogP contribution in [0.25, 0.3) is 42.6 Å². The van der Waals surface area contributed by atoms with Crippen LogP contribution in [0.1, 0.15) is 0 Å². The molecule has 3 nitrogen and oxygen atoms in total. The molecule has 0 aliphatic rings. The molecule has 0 aliphatic heterocycles. The highest BCUT2D eigenvalue weighted by atomic mass is 32.1. The average molecular weight is 313 g/mol. The number of thiophene rings is 1. The van der Waals surface area contributed by atoms with Crippen LogP contribution in [0.5, 0.6) is 0 Å². The number of nitrogens with zero attached hydrogens (tertiary/aromatic N) is 3. The monoisotopic (exact) mass is 313 g/mol. The number of benzene rings is 2. The summed E-state index contributed by atoms with van der Waals surface area (Å²) in [6, 6.07) is 18.7. The van der Waals surface area contributed by atoms with Crippen molar-refractivity contribution < 1.29 is 0 Å². The summed E-state index contributed by atoms with van der Waals surface area (Å²) in [5, 5.41) is 2.48. The lowest BCUT2D eigenvalue weighted by molar-refractivity contribution is 1.29. The maximum atomic E-state index is 4.88. The molecule has 0 amide bonds. The molecule has 0 fully saturated rings. The van der Waals surface area contributed by atoms with Gasteiger partial charge in [-0.1, -0.05) is 30.3 Å². The van der Waals surface area contributed by atoms with Gasteiger partial charge in [-0.3, -0.25) is 9.97 Å². The number of rotatable bonds is 1. The summed E-state index contributed by atoms with van der Waals surface area (Å²) in [7, 11) is 0. The van der Waals surface area contributed by atoms with Crippen LogP contribution in [0, 0.1) is 0 Å². The van der Waals surface area contributed by atoms with E-state index in [0.29, 0.717) is 0 Å². The Balaban J connectivity index is 1.81. The second-order valence-corrected chi connectivity index (χ2v) is 6.41. The third-order valence-corrected chi connectivity index (χ3v) is 5.10. The summed E-state index contributed by atoms with van der Waals surface area (Å²) in [6.07, 6.45) is 3.44. The minimum Gasteiger partial charge on any atom is -0.253 e. The molecule has 0 aliphatic carbocycles. The van der Waals surface area contributed by atoms with E-state index in [4.69, 9.17) is 4.98 Å². The SMILES string of the molecule is c1cc(-c2ccc3c(n2)sc2ccccc23)c2nccnc2c1. The Morgan fingerprint density at radius 2 is 1.65 bits per heavy atom. The van der Waals surface area contributed by atoms with Crippen molar-refractivity contribution >= 4 is 42.7 Å². The van der Waals surface area contributed by atoms with Crippen molar-refractivity contribution in [3.63, 3.8) is 0 Å². The van der Waals surface area contributed by atoms with Gasteiger partial charge in [-0.05, 0) is 24.3 Å². The van der Waals surface area contributed by atoms with Crippen molar-refractivity contribution in [2.24, 2.45) is 0 Å². The molecular weight excluding hydrogens is 302 g/mol. The number of para-hydroxylation sites is 1. The fraction of sp³-hybridized carbons (Fsp3) is 0. The van der Waals surface area contributed by atoms with Crippen molar-refractivity contribution in [3.05, 3.63) is 67.0 Å². The molecule has 4 heteroatoms. The number of fused-ring (bicyclic) bond motifs is 4. The van der Waals surface area contributed by atoms with Gasteiger partial charge in [0.2, 0.25) is 0 Å². The van der Waals surface area contributed by atoms with Gasteiger partial charge < -0.3 is 0 Å². The highest BCUT2D eigenvalue weighted by molar-refractivity contribution is 7.25. The first-order valence-corrected chi connectivity index (χ1v) is 8.20. The largest absolute Gasteiger partial charge is 0.253 e. The van der Waals surface area contributed by atoms with Crippen molar-refractivity contribution in [2.45, 2.75) is 0 Å². The fourth-order valence-corrected chi connectivity index (χ4v) is 4.03. The Morgan fingerprint density at radius 3 is 2.65 bits per heavy atom. The molecular formula is C19H11N3S. The van der Waals surface area contributed by atoms with Crippen LogP contribution in [0.3, 0.4) is 0 Å². The minimum atomic E-state index is 0.892. The summed E-state index contributed by atoms with van der Waals surface area (Å²) in [5.74, 6) is 0. The van der Waals surface area contributed by atoms with Crippen LogP contribution in [-0.4, -0.2) is 15.0 Å². The van der Waals surface area contributed by atoms with Crippen LogP contribution < -0.4 is 0 Å². The summed E-state index contributed by atoms with van der Waals surface area (Å²) in [5.41, 5.74) is 3.75. The van der Waals surface area contributed by atoms with Crippen LogP contribution in [0.4, 0.5) is 0 Å². The summed E-state index contributed by atoms with van der Waals surface area (Å²) >= 11 is 1.73. The number of hydrogen-bond donors (Lipinski definition) is 0. The Kier molecular flexibility index (Phi) is 2.66. The number of pyridine rings is 1. The summed E-state index contributed by atoms with van der Waals surface area (Å²) < 4.78 is 1.27. The Bertz CT molecular complexity index is 1170. The molecule has 2 aromatic carbocycles. The van der Waals surface area contributed by atoms with Gasteiger partial charge in [-0.25, -0.2) is 4.98 Å². The van der Waals surface area contributed by atoms with Gasteiger partial charge in [0.1, 0.15) is 4.83 Å². The lowest BCUT2D eigenvalue weighted by atomic mass is 10.1. The van der Waals surface area contributed by atoms with Gasteiger partial charge in [0.25, 0.3) is 0 Å². The maximum Gasteiger partial charge on any atom is 0.125 e. The van der Waals surface area contributed by atoms with E-state index in [1.165, 1.54) is 15.5 Å². The molecule has 0 bridgehead atoms. The highest BCUT2D eigenvalue weighted by Gasteiger charge is 2.10. The van der Waals surface area contributed by atoms with Crippen molar-refractivity contribution in [1.29, 1.82) is 0 Å². The lowest BCUT2D eigenvalue weighted by Gasteiger charge is -2.04. The highest BCUT2D eigenvalue weighted by Crippen LogP contribution is 2.34. The minimum absolute atomic E-state index is 0.892. The average Bonchev–Trinajstić information content (AvgIpc) is 2.99. The van der Waals surface area contributed by atoms with Crippen molar-refractivity contribution in [1.82, 2.24) is 15.0 Å². The fourth-order valence-electron chi connectivity index (χ4n) is 2.95. The van der Waals surface area contributed by atoms with Gasteiger partial charge >= 0.3 is 0 Å². The topological polar surface area (TPSA) is 38.7 Å². The third kappa shape index (κ3) is 1.92. The quantitative estimate of drug-likeness (QED) is 0.434. The first-order chi connectivity index (χ1) is 11.4. The van der Waals surface area contributed by atoms with E-state index in [1.807, 2.05) is 12.1 Å². The molecule has 0 saturated carbocycles. The zero-order chi connectivity index (χ0) is 15.2. The zero-order valence-corrected chi connectivity index (χ0v) is 12.9. The second kappa shape index (κ2) is 4.83. The molecule has 5 rings (SSSR count). The maximum absolute atomic E-state index is 4.88. The van der Waals surface area contributed by atoms with Gasteiger partial charge in [-0.15, -0.1) is 11.3 Å². The van der Waals surface area contributed by atoms with Gasteiger partial charge in [-0.2, -0.15) is 0 Å². The molecule has 0 atom stereocenters. The lowest BCUT2D eigenvalue weighted by Crippen LogP contribution is -1.88. The van der Waals surface area contributed by atoms with Crippen LogP contribution in [-0.2, 0) is 0 Å². The van der Waals surface area contributed by atoms with Gasteiger partial charge in [0.15, 0.2) is 0 Å². The Morgan fingerprint density at radius 1 is 0.739 bits per heavy atom. The zero-order valence-electron chi connectivity index (χ0n) is 12.1. The van der Waals surface area contributed by atoms with E-state index in [1.54, 1.807) is 23.7 Å². The molecule has 0 unspecified atom stereocenters. The van der Waals surface area contributed by atoms with E-state index in [9.17, 15) is 0 Å².